The summed E-state index contributed by atoms with van der Waals surface area (Å²) in [7, 11) is 0. The van der Waals surface area contributed by atoms with E-state index in [1.54, 1.807) is 34.1 Å². The number of nitrogens with zero attached hydrogens (tertiary/aromatic N) is 3. The van der Waals surface area contributed by atoms with Gasteiger partial charge in [0, 0.05) is 25.3 Å². The minimum absolute atomic E-state index is 0.235. The molecule has 0 saturated carbocycles. The Kier molecular flexibility index (Phi) is 10.3. The molecule has 4 rings (SSSR count). The Morgan fingerprint density at radius 3 is 2.16 bits per heavy atom. The van der Waals surface area contributed by atoms with Gasteiger partial charge in [-0.15, -0.1) is 11.6 Å². The highest BCUT2D eigenvalue weighted by Gasteiger charge is 2.40. The van der Waals surface area contributed by atoms with E-state index in [0.29, 0.717) is 29.2 Å². The summed E-state index contributed by atoms with van der Waals surface area (Å²) in [6.07, 6.45) is 0.163. The van der Waals surface area contributed by atoms with Crippen LogP contribution < -0.4 is 9.64 Å². The lowest BCUT2D eigenvalue weighted by atomic mass is 10.0. The van der Waals surface area contributed by atoms with E-state index in [2.05, 4.69) is 0 Å². The Morgan fingerprint density at radius 2 is 1.58 bits per heavy atom. The first kappa shape index (κ1) is 31.8. The van der Waals surface area contributed by atoms with E-state index in [1.807, 2.05) is 58.0 Å². The normalized spacial score (nSPS) is 15.9. The molecule has 3 aromatic rings. The lowest BCUT2D eigenvalue weighted by Crippen LogP contribution is -2.59. The van der Waals surface area contributed by atoms with Crippen LogP contribution in [0.5, 0.6) is 11.5 Å². The van der Waals surface area contributed by atoms with Gasteiger partial charge in [-0.05, 0) is 81.3 Å². The molecule has 43 heavy (non-hydrogen) atoms. The van der Waals surface area contributed by atoms with Crippen molar-refractivity contribution < 1.29 is 28.2 Å². The van der Waals surface area contributed by atoms with Gasteiger partial charge in [-0.1, -0.05) is 37.3 Å². The van der Waals surface area contributed by atoms with Crippen molar-refractivity contribution in [1.29, 1.82) is 0 Å². The van der Waals surface area contributed by atoms with E-state index in [0.717, 1.165) is 0 Å². The molecule has 0 spiro atoms. The van der Waals surface area contributed by atoms with Crippen LogP contribution in [-0.4, -0.2) is 64.9 Å². The van der Waals surface area contributed by atoms with Gasteiger partial charge in [0.1, 0.15) is 34.8 Å². The van der Waals surface area contributed by atoms with E-state index in [4.69, 9.17) is 21.1 Å². The maximum atomic E-state index is 14.3. The zero-order chi connectivity index (χ0) is 31.1. The third kappa shape index (κ3) is 8.04. The molecule has 1 fully saturated rings. The fraction of sp³-hybridized carbons (Fsp3) is 0.364. The van der Waals surface area contributed by atoms with Crippen LogP contribution >= 0.6 is 11.6 Å². The van der Waals surface area contributed by atoms with Gasteiger partial charge in [0.2, 0.25) is 5.91 Å². The maximum Gasteiger partial charge on any atom is 0.410 e. The summed E-state index contributed by atoms with van der Waals surface area (Å²) < 4.78 is 25.4. The van der Waals surface area contributed by atoms with Crippen molar-refractivity contribution in [3.8, 4) is 11.5 Å². The highest BCUT2D eigenvalue weighted by Crippen LogP contribution is 2.33. The number of para-hydroxylation sites is 1. The third-order valence-electron chi connectivity index (χ3n) is 7.05. The minimum atomic E-state index is -1.13. The second-order valence-electron chi connectivity index (χ2n) is 11.3. The minimum Gasteiger partial charge on any atom is -0.457 e. The van der Waals surface area contributed by atoms with Crippen molar-refractivity contribution in [1.82, 2.24) is 9.80 Å². The second kappa shape index (κ2) is 13.9. The van der Waals surface area contributed by atoms with Crippen LogP contribution in [0.25, 0.3) is 0 Å². The Balaban J connectivity index is 1.65. The lowest BCUT2D eigenvalue weighted by Gasteiger charge is -2.43. The molecule has 1 unspecified atom stereocenters. The number of rotatable bonds is 8. The molecule has 0 aromatic heterocycles. The number of ether oxygens (including phenoxy) is 2. The number of benzene rings is 3. The summed E-state index contributed by atoms with van der Waals surface area (Å²) in [5.41, 5.74) is 0.199. The average Bonchev–Trinajstić information content (AvgIpc) is 2.99. The van der Waals surface area contributed by atoms with Crippen molar-refractivity contribution in [2.75, 3.05) is 30.4 Å². The smallest absolute Gasteiger partial charge is 0.410 e. The molecule has 0 aliphatic carbocycles. The summed E-state index contributed by atoms with van der Waals surface area (Å²) in [6, 6.07) is 20.1. The Labute approximate surface area is 256 Å². The highest BCUT2D eigenvalue weighted by atomic mass is 35.5. The number of carbonyl (C=O) groups excluding carboxylic acids is 3. The van der Waals surface area contributed by atoms with Crippen LogP contribution in [0.2, 0.25) is 0 Å². The molecule has 2 atom stereocenters. The fourth-order valence-corrected chi connectivity index (χ4v) is 5.12. The Hall–Kier alpha value is -4.11. The summed E-state index contributed by atoms with van der Waals surface area (Å²) >= 11 is 6.08. The van der Waals surface area contributed by atoms with Gasteiger partial charge in [0.05, 0.1) is 6.04 Å². The van der Waals surface area contributed by atoms with Gasteiger partial charge < -0.3 is 19.3 Å². The molecule has 1 aliphatic heterocycles. The van der Waals surface area contributed by atoms with Crippen molar-refractivity contribution in [3.05, 3.63) is 90.2 Å². The van der Waals surface area contributed by atoms with Gasteiger partial charge in [0.25, 0.3) is 5.91 Å². The van der Waals surface area contributed by atoms with Gasteiger partial charge in [-0.2, -0.15) is 0 Å². The summed E-state index contributed by atoms with van der Waals surface area (Å²) in [6.45, 7) is 8.11. The van der Waals surface area contributed by atoms with Crippen LogP contribution in [-0.2, 0) is 14.3 Å². The first-order valence-electron chi connectivity index (χ1n) is 14.3. The van der Waals surface area contributed by atoms with Crippen LogP contribution in [0.3, 0.4) is 0 Å². The zero-order valence-electron chi connectivity index (χ0n) is 24.8. The van der Waals surface area contributed by atoms with E-state index in [1.165, 1.54) is 29.2 Å². The van der Waals surface area contributed by atoms with Crippen LogP contribution in [0.15, 0.2) is 78.9 Å². The Bertz CT molecular complexity index is 1400. The number of carbonyl (C=O) groups is 3. The molecule has 3 amide bonds. The molecule has 1 heterocycles. The van der Waals surface area contributed by atoms with Crippen LogP contribution in [0, 0.1) is 5.82 Å². The molecule has 1 saturated heterocycles. The van der Waals surface area contributed by atoms with Gasteiger partial charge in [-0.25, -0.2) is 9.18 Å². The lowest BCUT2D eigenvalue weighted by molar-refractivity contribution is -0.137. The first-order chi connectivity index (χ1) is 20.5. The largest absolute Gasteiger partial charge is 0.457 e. The number of alkyl halides is 1. The number of hydrogen-bond acceptors (Lipinski definition) is 5. The number of amides is 3. The predicted octanol–water partition coefficient (Wildman–Crippen LogP) is 6.79. The van der Waals surface area contributed by atoms with E-state index < -0.39 is 29.5 Å². The number of piperazine rings is 1. The molecule has 0 N–H and O–H groups in total. The maximum absolute atomic E-state index is 14.3. The second-order valence-corrected chi connectivity index (χ2v) is 11.5. The van der Waals surface area contributed by atoms with Crippen molar-refractivity contribution >= 4 is 35.2 Å². The molecule has 0 radical (unpaired) electrons. The standard InChI is InChI=1S/C33H37ClFN3O5/c1-5-25-22-36(19-20-37(25)32(41)43-33(2,3)4)31(40)30(23-11-13-24(35)14-12-23)38(29(39)21-34)26-15-17-28(18-16-26)42-27-9-7-6-8-10-27/h6-18,25,30H,5,19-22H2,1-4H3/t25?,30-/m0/s1. The van der Waals surface area contributed by atoms with Crippen molar-refractivity contribution in [3.63, 3.8) is 0 Å². The quantitative estimate of drug-likeness (QED) is 0.263. The van der Waals surface area contributed by atoms with Crippen LogP contribution in [0.1, 0.15) is 45.7 Å². The fourth-order valence-electron chi connectivity index (χ4n) is 4.99. The van der Waals surface area contributed by atoms with Gasteiger partial charge in [0.15, 0.2) is 0 Å². The molecular formula is C33H37ClFN3O5. The Morgan fingerprint density at radius 1 is 0.953 bits per heavy atom. The van der Waals surface area contributed by atoms with Crippen molar-refractivity contribution in [2.24, 2.45) is 0 Å². The zero-order valence-corrected chi connectivity index (χ0v) is 25.6. The molecule has 1 aliphatic rings. The molecule has 0 bridgehead atoms. The van der Waals surface area contributed by atoms with Gasteiger partial charge in [-0.3, -0.25) is 14.5 Å². The summed E-state index contributed by atoms with van der Waals surface area (Å²) in [4.78, 5) is 45.3. The summed E-state index contributed by atoms with van der Waals surface area (Å²) in [5.74, 6) is -0.514. The molecule has 8 nitrogen and oxygen atoms in total. The molecule has 228 valence electrons. The van der Waals surface area contributed by atoms with E-state index >= 15 is 0 Å². The van der Waals surface area contributed by atoms with Crippen molar-refractivity contribution in [2.45, 2.75) is 51.8 Å². The summed E-state index contributed by atoms with van der Waals surface area (Å²) in [5, 5.41) is 0. The highest BCUT2D eigenvalue weighted by molar-refractivity contribution is 6.29. The van der Waals surface area contributed by atoms with Crippen LogP contribution in [0.4, 0.5) is 14.9 Å². The van der Waals surface area contributed by atoms with E-state index in [-0.39, 0.29) is 37.5 Å². The number of anilines is 1. The monoisotopic (exact) mass is 609 g/mol. The average molecular weight is 610 g/mol. The number of hydrogen-bond donors (Lipinski definition) is 0. The molecule has 10 heteroatoms. The third-order valence-corrected chi connectivity index (χ3v) is 7.28. The molecule has 3 aromatic carbocycles. The SMILES string of the molecule is CCC1CN(C(=O)[C@H](c2ccc(F)cc2)N(C(=O)CCl)c2ccc(Oc3ccccc3)cc2)CCN1C(=O)OC(C)(C)C. The first-order valence-corrected chi connectivity index (χ1v) is 14.8. The van der Waals surface area contributed by atoms with E-state index in [9.17, 15) is 18.8 Å². The molecular weight excluding hydrogens is 573 g/mol. The number of halogens is 2. The van der Waals surface area contributed by atoms with Gasteiger partial charge >= 0.3 is 6.09 Å². The topological polar surface area (TPSA) is 79.4 Å². The predicted molar refractivity (Wildman–Crippen MR) is 164 cm³/mol.